The van der Waals surface area contributed by atoms with Crippen molar-refractivity contribution in [1.82, 2.24) is 10.6 Å². The molecule has 19 heavy (non-hydrogen) atoms. The molecule has 3 N–H and O–H groups in total. The topological polar surface area (TPSA) is 53.5 Å². The van der Waals surface area contributed by atoms with Crippen LogP contribution in [0.2, 0.25) is 0 Å². The minimum Gasteiger partial charge on any atom is -0.372 e. The van der Waals surface area contributed by atoms with Gasteiger partial charge in [0.05, 0.1) is 18.1 Å². The molecule has 2 aliphatic heterocycles. The molecule has 3 rings (SSSR count). The maximum Gasteiger partial charge on any atom is 0.150 e. The van der Waals surface area contributed by atoms with Crippen molar-refractivity contribution in [1.29, 1.82) is 0 Å². The number of rotatable bonds is 3. The van der Waals surface area contributed by atoms with Gasteiger partial charge in [0.25, 0.3) is 0 Å². The quantitative estimate of drug-likeness (QED) is 0.673. The lowest BCUT2D eigenvalue weighted by Crippen LogP contribution is -2.35. The minimum absolute atomic E-state index is 0.115. The summed E-state index contributed by atoms with van der Waals surface area (Å²) >= 11 is 6.33. The second kappa shape index (κ2) is 5.67. The van der Waals surface area contributed by atoms with Gasteiger partial charge in [-0.05, 0) is 42.8 Å². The second-order valence-electron chi connectivity index (χ2n) is 5.25. The summed E-state index contributed by atoms with van der Waals surface area (Å²) in [6, 6.07) is 0. The first-order valence-corrected chi connectivity index (χ1v) is 7.18. The number of hydrogen-bond acceptors (Lipinski definition) is 4. The molecule has 0 aromatic carbocycles. The number of allylic oxidation sites excluding steroid dienone is 1. The Morgan fingerprint density at radius 1 is 1.42 bits per heavy atom. The number of hydrogen-bond donors (Lipinski definition) is 3. The Morgan fingerprint density at radius 3 is 3.11 bits per heavy atom. The van der Waals surface area contributed by atoms with Gasteiger partial charge in [0.15, 0.2) is 6.23 Å². The average Bonchev–Trinajstić information content (AvgIpc) is 2.91. The zero-order valence-corrected chi connectivity index (χ0v) is 11.4. The molecular formula is C14H19ClN2O2. The number of aliphatic hydroxyl groups is 1. The summed E-state index contributed by atoms with van der Waals surface area (Å²) in [4.78, 5) is 0. The third-order valence-corrected chi connectivity index (χ3v) is 4.20. The highest BCUT2D eigenvalue weighted by Crippen LogP contribution is 2.29. The highest BCUT2D eigenvalue weighted by atomic mass is 35.5. The van der Waals surface area contributed by atoms with Crippen LogP contribution in [0.4, 0.5) is 0 Å². The van der Waals surface area contributed by atoms with Gasteiger partial charge >= 0.3 is 0 Å². The molecule has 0 aromatic heterocycles. The predicted octanol–water partition coefficient (Wildman–Crippen LogP) is 0.890. The van der Waals surface area contributed by atoms with Crippen LogP contribution in [0.3, 0.4) is 0 Å². The second-order valence-corrected chi connectivity index (χ2v) is 5.75. The summed E-state index contributed by atoms with van der Waals surface area (Å²) in [5.41, 5.74) is 1.84. The highest BCUT2D eigenvalue weighted by molar-refractivity contribution is 6.22. The van der Waals surface area contributed by atoms with Crippen molar-refractivity contribution in [3.8, 4) is 0 Å². The molecule has 5 heteroatoms. The molecule has 4 nitrogen and oxygen atoms in total. The average molecular weight is 283 g/mol. The van der Waals surface area contributed by atoms with Crippen LogP contribution in [-0.2, 0) is 4.74 Å². The standard InChI is InChI=1S/C14H19ClN2O2/c15-12-6-11-10(2-4-17-14(11)18)5-13(12)19-8-9-1-3-16-7-9/h2,4-6,9,12-14,16-18H,1,3,7-8H2/t9-,12-,13-,14-/m1/s1. The zero-order chi connectivity index (χ0) is 13.2. The van der Waals surface area contributed by atoms with Crippen molar-refractivity contribution in [3.05, 3.63) is 35.6 Å². The van der Waals surface area contributed by atoms with E-state index < -0.39 is 6.23 Å². The maximum atomic E-state index is 9.83. The Labute approximate surface area is 118 Å². The molecule has 1 aliphatic carbocycles. The van der Waals surface area contributed by atoms with E-state index in [-0.39, 0.29) is 11.5 Å². The van der Waals surface area contributed by atoms with Gasteiger partial charge in [0, 0.05) is 12.1 Å². The van der Waals surface area contributed by atoms with Crippen LogP contribution < -0.4 is 10.6 Å². The summed E-state index contributed by atoms with van der Waals surface area (Å²) in [7, 11) is 0. The number of halogens is 1. The molecule has 2 heterocycles. The number of nitrogens with one attached hydrogen (secondary N) is 2. The maximum absolute atomic E-state index is 9.83. The lowest BCUT2D eigenvalue weighted by atomic mass is 9.93. The van der Waals surface area contributed by atoms with Crippen LogP contribution in [-0.4, -0.2) is 42.5 Å². The van der Waals surface area contributed by atoms with Crippen molar-refractivity contribution in [2.75, 3.05) is 19.7 Å². The summed E-state index contributed by atoms with van der Waals surface area (Å²) in [6.07, 6.45) is 7.97. The minimum atomic E-state index is -0.669. The lowest BCUT2D eigenvalue weighted by molar-refractivity contribution is 0.0630. The van der Waals surface area contributed by atoms with E-state index in [1.54, 1.807) is 6.20 Å². The molecule has 0 bridgehead atoms. The van der Waals surface area contributed by atoms with Crippen LogP contribution in [0.1, 0.15) is 6.42 Å². The van der Waals surface area contributed by atoms with Gasteiger partial charge in [-0.3, -0.25) is 0 Å². The van der Waals surface area contributed by atoms with Crippen molar-refractivity contribution in [3.63, 3.8) is 0 Å². The van der Waals surface area contributed by atoms with E-state index in [0.29, 0.717) is 5.92 Å². The molecule has 3 aliphatic rings. The van der Waals surface area contributed by atoms with E-state index in [2.05, 4.69) is 10.6 Å². The normalized spacial score (nSPS) is 37.4. The van der Waals surface area contributed by atoms with Crippen LogP contribution in [0, 0.1) is 5.92 Å². The Balaban J connectivity index is 1.65. The molecule has 0 amide bonds. The summed E-state index contributed by atoms with van der Waals surface area (Å²) < 4.78 is 5.93. The number of ether oxygens (including phenoxy) is 1. The third kappa shape index (κ3) is 2.87. The largest absolute Gasteiger partial charge is 0.372 e. The molecule has 104 valence electrons. The van der Waals surface area contributed by atoms with Gasteiger partial charge in [0.2, 0.25) is 0 Å². The van der Waals surface area contributed by atoms with Crippen LogP contribution in [0.25, 0.3) is 0 Å². The Bertz CT molecular complexity index is 427. The fourth-order valence-corrected chi connectivity index (χ4v) is 2.97. The first kappa shape index (κ1) is 13.2. The van der Waals surface area contributed by atoms with E-state index in [1.807, 2.05) is 18.2 Å². The van der Waals surface area contributed by atoms with Gasteiger partial charge in [0.1, 0.15) is 0 Å². The number of alkyl halides is 1. The smallest absolute Gasteiger partial charge is 0.150 e. The van der Waals surface area contributed by atoms with Gasteiger partial charge in [-0.15, -0.1) is 11.6 Å². The van der Waals surface area contributed by atoms with E-state index >= 15 is 0 Å². The zero-order valence-electron chi connectivity index (χ0n) is 10.7. The van der Waals surface area contributed by atoms with Crippen molar-refractivity contribution < 1.29 is 9.84 Å². The van der Waals surface area contributed by atoms with Gasteiger partial charge in [-0.2, -0.15) is 0 Å². The molecule has 0 radical (unpaired) electrons. The first-order valence-electron chi connectivity index (χ1n) is 6.75. The van der Waals surface area contributed by atoms with Gasteiger partial charge < -0.3 is 20.5 Å². The third-order valence-electron chi connectivity index (χ3n) is 3.83. The van der Waals surface area contributed by atoms with Crippen LogP contribution in [0.5, 0.6) is 0 Å². The molecule has 0 saturated carbocycles. The Morgan fingerprint density at radius 2 is 2.32 bits per heavy atom. The first-order chi connectivity index (χ1) is 9.24. The van der Waals surface area contributed by atoms with Crippen molar-refractivity contribution in [2.45, 2.75) is 24.1 Å². The fourth-order valence-electron chi connectivity index (χ4n) is 2.69. The van der Waals surface area contributed by atoms with E-state index in [9.17, 15) is 5.11 Å². The van der Waals surface area contributed by atoms with E-state index in [4.69, 9.17) is 16.3 Å². The predicted molar refractivity (Wildman–Crippen MR) is 74.8 cm³/mol. The summed E-state index contributed by atoms with van der Waals surface area (Å²) in [5.74, 6) is 0.585. The molecule has 0 unspecified atom stereocenters. The SMILES string of the molecule is O[C@H]1NC=CC2=C[C@@H](OC[C@@H]3CCNC3)[C@H](Cl)C=C21. The van der Waals surface area contributed by atoms with Crippen LogP contribution in [0.15, 0.2) is 35.6 Å². The summed E-state index contributed by atoms with van der Waals surface area (Å²) in [5, 5.41) is 15.8. The van der Waals surface area contributed by atoms with Gasteiger partial charge in [-0.1, -0.05) is 6.08 Å². The Kier molecular flexibility index (Phi) is 3.93. The lowest BCUT2D eigenvalue weighted by Gasteiger charge is -2.30. The molecule has 4 atom stereocenters. The van der Waals surface area contributed by atoms with Crippen LogP contribution >= 0.6 is 11.6 Å². The Hall–Kier alpha value is -0.810. The van der Waals surface area contributed by atoms with Gasteiger partial charge in [-0.25, -0.2) is 0 Å². The van der Waals surface area contributed by atoms with E-state index in [1.165, 1.54) is 6.42 Å². The van der Waals surface area contributed by atoms with Crippen molar-refractivity contribution in [2.24, 2.45) is 5.92 Å². The molecule has 1 saturated heterocycles. The summed E-state index contributed by atoms with van der Waals surface area (Å²) in [6.45, 7) is 2.84. The highest BCUT2D eigenvalue weighted by Gasteiger charge is 2.28. The molecular weight excluding hydrogens is 264 g/mol. The van der Waals surface area contributed by atoms with E-state index in [0.717, 1.165) is 30.8 Å². The fraction of sp³-hybridized carbons (Fsp3) is 0.571. The molecule has 1 fully saturated rings. The molecule has 0 spiro atoms. The number of fused-ring (bicyclic) bond motifs is 1. The van der Waals surface area contributed by atoms with Crippen molar-refractivity contribution >= 4 is 11.6 Å². The molecule has 0 aromatic rings. The number of aliphatic hydroxyl groups excluding tert-OH is 1. The monoisotopic (exact) mass is 282 g/mol.